The first kappa shape index (κ1) is 17.0. The number of hydrogen-bond acceptors (Lipinski definition) is 6. The Labute approximate surface area is 130 Å². The molecule has 0 bridgehead atoms. The number of nitrogens with one attached hydrogen (secondary N) is 1. The van der Waals surface area contributed by atoms with E-state index in [1.807, 2.05) is 6.08 Å². The molecule has 7 nitrogen and oxygen atoms in total. The molecule has 7 heteroatoms. The van der Waals surface area contributed by atoms with Gasteiger partial charge in [-0.05, 0) is 24.8 Å². The van der Waals surface area contributed by atoms with Crippen LogP contribution in [0.15, 0.2) is 23.4 Å². The van der Waals surface area contributed by atoms with Crippen LogP contribution in [0.5, 0.6) is 0 Å². The number of carboxylic acid groups (broad SMARTS) is 1. The van der Waals surface area contributed by atoms with Crippen molar-refractivity contribution >= 4 is 5.97 Å². The fraction of sp³-hybridized carbons (Fsp3) is 0.667. The molecule has 2 rings (SSSR count). The summed E-state index contributed by atoms with van der Waals surface area (Å²) in [6, 6.07) is -0.0294. The molecule has 0 heterocycles. The van der Waals surface area contributed by atoms with Gasteiger partial charge in [0.05, 0.1) is 12.5 Å². The Kier molecular flexibility index (Phi) is 5.96. The quantitative estimate of drug-likeness (QED) is 0.256. The van der Waals surface area contributed by atoms with E-state index in [0.29, 0.717) is 26.2 Å². The summed E-state index contributed by atoms with van der Waals surface area (Å²) < 4.78 is 5.58. The fourth-order valence-corrected chi connectivity index (χ4v) is 3.02. The zero-order chi connectivity index (χ0) is 16.1. The standard InChI is InChI=1S/C15H26N4O3/c16-11-1-9(2-12(17)5-11)7-22-8-19-14-4-10(15(20)21)3-13(18)6-14/h1,4,10-13,19H,2-3,5-8,16-18H2,(H,20,21)/t10?,11?,12-,13+/m1/s1. The number of rotatable bonds is 6. The molecule has 0 aromatic heterocycles. The van der Waals surface area contributed by atoms with E-state index in [2.05, 4.69) is 5.32 Å². The van der Waals surface area contributed by atoms with Crippen molar-refractivity contribution < 1.29 is 14.6 Å². The van der Waals surface area contributed by atoms with Gasteiger partial charge in [0.25, 0.3) is 0 Å². The Balaban J connectivity index is 1.75. The lowest BCUT2D eigenvalue weighted by Gasteiger charge is -2.25. The van der Waals surface area contributed by atoms with Crippen molar-refractivity contribution in [3.8, 4) is 0 Å². The third-order valence-corrected chi connectivity index (χ3v) is 4.00. The van der Waals surface area contributed by atoms with E-state index in [1.165, 1.54) is 0 Å². The van der Waals surface area contributed by atoms with Gasteiger partial charge in [0.2, 0.25) is 0 Å². The van der Waals surface area contributed by atoms with Crippen LogP contribution in [0.2, 0.25) is 0 Å². The van der Waals surface area contributed by atoms with Gasteiger partial charge < -0.3 is 32.4 Å². The number of carboxylic acids is 1. The molecule has 0 fully saturated rings. The van der Waals surface area contributed by atoms with Gasteiger partial charge in [-0.25, -0.2) is 0 Å². The molecule has 0 aliphatic heterocycles. The molecule has 0 amide bonds. The van der Waals surface area contributed by atoms with E-state index in [1.54, 1.807) is 6.08 Å². The monoisotopic (exact) mass is 310 g/mol. The first-order valence-corrected chi connectivity index (χ1v) is 7.65. The molecule has 0 saturated heterocycles. The molecule has 4 atom stereocenters. The molecular weight excluding hydrogens is 284 g/mol. The molecule has 22 heavy (non-hydrogen) atoms. The SMILES string of the molecule is NC1C=C(COCNC2=CC(C(=O)O)C[C@H](N)C2)C[C@@H](N)C1. The molecule has 2 aliphatic rings. The molecule has 2 aliphatic carbocycles. The second-order valence-corrected chi connectivity index (χ2v) is 6.19. The van der Waals surface area contributed by atoms with Crippen LogP contribution in [0.1, 0.15) is 25.7 Å². The summed E-state index contributed by atoms with van der Waals surface area (Å²) in [6.07, 6.45) is 6.47. The molecule has 0 spiro atoms. The van der Waals surface area contributed by atoms with Gasteiger partial charge in [-0.1, -0.05) is 12.2 Å². The second kappa shape index (κ2) is 7.73. The lowest BCUT2D eigenvalue weighted by atomic mass is 9.90. The first-order chi connectivity index (χ1) is 10.4. The summed E-state index contributed by atoms with van der Waals surface area (Å²) >= 11 is 0. The third kappa shape index (κ3) is 5.10. The van der Waals surface area contributed by atoms with Crippen molar-refractivity contribution in [2.45, 2.75) is 43.8 Å². The second-order valence-electron chi connectivity index (χ2n) is 6.19. The molecule has 8 N–H and O–H groups in total. The predicted molar refractivity (Wildman–Crippen MR) is 83.6 cm³/mol. The maximum Gasteiger partial charge on any atom is 0.310 e. The highest BCUT2D eigenvalue weighted by atomic mass is 16.5. The number of aliphatic carboxylic acids is 1. The Hall–Kier alpha value is -1.41. The van der Waals surface area contributed by atoms with Gasteiger partial charge in [0, 0.05) is 30.2 Å². The maximum atomic E-state index is 11.1. The Morgan fingerprint density at radius 2 is 1.95 bits per heavy atom. The molecule has 2 unspecified atom stereocenters. The third-order valence-electron chi connectivity index (χ3n) is 4.00. The summed E-state index contributed by atoms with van der Waals surface area (Å²) in [7, 11) is 0. The summed E-state index contributed by atoms with van der Waals surface area (Å²) in [4.78, 5) is 11.1. The molecule has 0 saturated carbocycles. The molecule has 0 aromatic rings. The highest BCUT2D eigenvalue weighted by molar-refractivity contribution is 5.72. The Bertz CT molecular complexity index is 464. The van der Waals surface area contributed by atoms with E-state index >= 15 is 0 Å². The Morgan fingerprint density at radius 3 is 2.64 bits per heavy atom. The number of carbonyl (C=O) groups is 1. The van der Waals surface area contributed by atoms with Crippen molar-refractivity contribution in [3.63, 3.8) is 0 Å². The van der Waals surface area contributed by atoms with Gasteiger partial charge in [-0.3, -0.25) is 4.79 Å². The lowest BCUT2D eigenvalue weighted by molar-refractivity contribution is -0.140. The molecule has 0 aromatic carbocycles. The van der Waals surface area contributed by atoms with E-state index in [0.717, 1.165) is 24.1 Å². The average Bonchev–Trinajstić information content (AvgIpc) is 2.42. The number of ether oxygens (including phenoxy) is 1. The van der Waals surface area contributed by atoms with Crippen molar-refractivity contribution in [3.05, 3.63) is 23.4 Å². The van der Waals surface area contributed by atoms with Gasteiger partial charge in [0.1, 0.15) is 6.73 Å². The minimum atomic E-state index is -0.842. The smallest absolute Gasteiger partial charge is 0.310 e. The van der Waals surface area contributed by atoms with Crippen LogP contribution in [-0.4, -0.2) is 42.5 Å². The molecule has 0 radical (unpaired) electrons. The van der Waals surface area contributed by atoms with E-state index in [-0.39, 0.29) is 18.1 Å². The fourth-order valence-electron chi connectivity index (χ4n) is 3.02. The normalized spacial score (nSPS) is 32.1. The van der Waals surface area contributed by atoms with Crippen LogP contribution in [-0.2, 0) is 9.53 Å². The molecular formula is C15H26N4O3. The number of hydrogen-bond donors (Lipinski definition) is 5. The van der Waals surface area contributed by atoms with Gasteiger partial charge >= 0.3 is 5.97 Å². The number of nitrogens with two attached hydrogens (primary N) is 3. The van der Waals surface area contributed by atoms with E-state index in [9.17, 15) is 4.79 Å². The van der Waals surface area contributed by atoms with Crippen LogP contribution in [0.4, 0.5) is 0 Å². The summed E-state index contributed by atoms with van der Waals surface area (Å²) in [5, 5.41) is 12.2. The van der Waals surface area contributed by atoms with Gasteiger partial charge in [0.15, 0.2) is 0 Å². The summed E-state index contributed by atoms with van der Waals surface area (Å²) in [5.41, 5.74) is 19.6. The van der Waals surface area contributed by atoms with Gasteiger partial charge in [-0.15, -0.1) is 0 Å². The van der Waals surface area contributed by atoms with Crippen molar-refractivity contribution in [2.24, 2.45) is 23.1 Å². The van der Waals surface area contributed by atoms with Crippen LogP contribution >= 0.6 is 0 Å². The lowest BCUT2D eigenvalue weighted by Crippen LogP contribution is -2.36. The largest absolute Gasteiger partial charge is 0.481 e. The Morgan fingerprint density at radius 1 is 1.23 bits per heavy atom. The van der Waals surface area contributed by atoms with Crippen molar-refractivity contribution in [2.75, 3.05) is 13.3 Å². The summed E-state index contributed by atoms with van der Waals surface area (Å²) in [6.45, 7) is 0.794. The zero-order valence-electron chi connectivity index (χ0n) is 12.7. The highest BCUT2D eigenvalue weighted by Gasteiger charge is 2.24. The maximum absolute atomic E-state index is 11.1. The van der Waals surface area contributed by atoms with E-state index < -0.39 is 11.9 Å². The first-order valence-electron chi connectivity index (χ1n) is 7.65. The predicted octanol–water partition coefficient (Wildman–Crippen LogP) is -0.369. The minimum Gasteiger partial charge on any atom is -0.481 e. The summed E-state index contributed by atoms with van der Waals surface area (Å²) in [5.74, 6) is -1.37. The van der Waals surface area contributed by atoms with Crippen LogP contribution in [0.25, 0.3) is 0 Å². The zero-order valence-corrected chi connectivity index (χ0v) is 12.7. The molecule has 124 valence electrons. The minimum absolute atomic E-state index is 0.00526. The van der Waals surface area contributed by atoms with E-state index in [4.69, 9.17) is 27.0 Å². The van der Waals surface area contributed by atoms with Crippen molar-refractivity contribution in [1.82, 2.24) is 5.32 Å². The van der Waals surface area contributed by atoms with Crippen LogP contribution < -0.4 is 22.5 Å². The van der Waals surface area contributed by atoms with Crippen molar-refractivity contribution in [1.29, 1.82) is 0 Å². The average molecular weight is 310 g/mol. The van der Waals surface area contributed by atoms with Crippen LogP contribution in [0, 0.1) is 5.92 Å². The van der Waals surface area contributed by atoms with Crippen LogP contribution in [0.3, 0.4) is 0 Å². The topological polar surface area (TPSA) is 137 Å². The van der Waals surface area contributed by atoms with Gasteiger partial charge in [-0.2, -0.15) is 0 Å². The highest BCUT2D eigenvalue weighted by Crippen LogP contribution is 2.21.